The zero-order chi connectivity index (χ0) is 15.9. The summed E-state index contributed by atoms with van der Waals surface area (Å²) in [5, 5.41) is 6.65. The van der Waals surface area contributed by atoms with Gasteiger partial charge in [0.05, 0.1) is 5.25 Å². The van der Waals surface area contributed by atoms with Crippen molar-refractivity contribution < 1.29 is 4.79 Å². The van der Waals surface area contributed by atoms with Crippen LogP contribution in [0.2, 0.25) is 0 Å². The number of amides is 1. The SMILES string of the molecule is CC(C)C(SCc1ccccc1)C(=O)NC1CNCCC1C. The third-order valence-corrected chi connectivity index (χ3v) is 5.91. The number of carbonyl (C=O) groups excluding carboxylic acids is 1. The molecule has 0 radical (unpaired) electrons. The maximum atomic E-state index is 12.7. The number of hydrogen-bond donors (Lipinski definition) is 2. The van der Waals surface area contributed by atoms with E-state index in [9.17, 15) is 4.79 Å². The fraction of sp³-hybridized carbons (Fsp3) is 0.611. The van der Waals surface area contributed by atoms with E-state index in [2.05, 4.69) is 55.7 Å². The minimum atomic E-state index is 0.00864. The lowest BCUT2D eigenvalue weighted by Crippen LogP contribution is -2.52. The number of nitrogens with one attached hydrogen (secondary N) is 2. The van der Waals surface area contributed by atoms with Crippen LogP contribution in [0.1, 0.15) is 32.8 Å². The number of rotatable bonds is 6. The van der Waals surface area contributed by atoms with Crippen molar-refractivity contribution in [3.8, 4) is 0 Å². The second-order valence-electron chi connectivity index (χ2n) is 6.55. The summed E-state index contributed by atoms with van der Waals surface area (Å²) in [4.78, 5) is 12.7. The van der Waals surface area contributed by atoms with Crippen LogP contribution in [-0.2, 0) is 10.5 Å². The van der Waals surface area contributed by atoms with Gasteiger partial charge >= 0.3 is 0 Å². The van der Waals surface area contributed by atoms with Crippen LogP contribution < -0.4 is 10.6 Å². The summed E-state index contributed by atoms with van der Waals surface area (Å²) in [6.45, 7) is 8.44. The first kappa shape index (κ1) is 17.4. The van der Waals surface area contributed by atoms with E-state index in [0.717, 1.165) is 25.3 Å². The highest BCUT2D eigenvalue weighted by Gasteiger charge is 2.28. The van der Waals surface area contributed by atoms with Gasteiger partial charge in [-0.3, -0.25) is 4.79 Å². The van der Waals surface area contributed by atoms with Crippen LogP contribution >= 0.6 is 11.8 Å². The Labute approximate surface area is 138 Å². The normalized spacial score (nSPS) is 23.3. The lowest BCUT2D eigenvalue weighted by molar-refractivity contribution is -0.122. The molecule has 0 aliphatic carbocycles. The van der Waals surface area contributed by atoms with Crippen molar-refractivity contribution in [1.29, 1.82) is 0 Å². The van der Waals surface area contributed by atoms with Crippen LogP contribution in [0.15, 0.2) is 30.3 Å². The summed E-state index contributed by atoms with van der Waals surface area (Å²) in [5.41, 5.74) is 1.28. The summed E-state index contributed by atoms with van der Waals surface area (Å²) < 4.78 is 0. The van der Waals surface area contributed by atoms with Crippen LogP contribution in [0, 0.1) is 11.8 Å². The van der Waals surface area contributed by atoms with E-state index < -0.39 is 0 Å². The summed E-state index contributed by atoms with van der Waals surface area (Å²) in [7, 11) is 0. The van der Waals surface area contributed by atoms with Gasteiger partial charge in [-0.15, -0.1) is 11.8 Å². The third kappa shape index (κ3) is 5.03. The van der Waals surface area contributed by atoms with E-state index >= 15 is 0 Å². The smallest absolute Gasteiger partial charge is 0.233 e. The summed E-state index contributed by atoms with van der Waals surface area (Å²) in [6.07, 6.45) is 1.13. The molecule has 22 heavy (non-hydrogen) atoms. The molecule has 1 aliphatic rings. The molecule has 122 valence electrons. The molecule has 3 unspecified atom stereocenters. The lowest BCUT2D eigenvalue weighted by atomic mass is 9.94. The Balaban J connectivity index is 1.90. The molecule has 1 aliphatic heterocycles. The van der Waals surface area contributed by atoms with Crippen molar-refractivity contribution in [3.05, 3.63) is 35.9 Å². The third-order valence-electron chi connectivity index (χ3n) is 4.29. The van der Waals surface area contributed by atoms with E-state index in [1.54, 1.807) is 11.8 Å². The predicted octanol–water partition coefficient (Wildman–Crippen LogP) is 3.06. The van der Waals surface area contributed by atoms with Gasteiger partial charge in [-0.25, -0.2) is 0 Å². The van der Waals surface area contributed by atoms with Gasteiger partial charge in [0.25, 0.3) is 0 Å². The standard InChI is InChI=1S/C18H28N2OS/c1-13(2)17(22-12-15-7-5-4-6-8-15)18(21)20-16-11-19-10-9-14(16)3/h4-8,13-14,16-17,19H,9-12H2,1-3H3,(H,20,21). The maximum absolute atomic E-state index is 12.7. The van der Waals surface area contributed by atoms with Gasteiger partial charge in [0, 0.05) is 18.3 Å². The topological polar surface area (TPSA) is 41.1 Å². The fourth-order valence-corrected chi connectivity index (χ4v) is 3.95. The zero-order valence-corrected chi connectivity index (χ0v) is 14.7. The van der Waals surface area contributed by atoms with Crippen molar-refractivity contribution in [2.75, 3.05) is 13.1 Å². The molecule has 1 saturated heterocycles. The second-order valence-corrected chi connectivity index (χ2v) is 7.68. The molecule has 1 aromatic rings. The first-order chi connectivity index (χ1) is 10.6. The van der Waals surface area contributed by atoms with Gasteiger partial charge in [-0.05, 0) is 30.4 Å². The molecule has 0 spiro atoms. The molecule has 0 saturated carbocycles. The summed E-state index contributed by atoms with van der Waals surface area (Å²) >= 11 is 1.75. The first-order valence-electron chi connectivity index (χ1n) is 8.24. The highest BCUT2D eigenvalue weighted by Crippen LogP contribution is 2.24. The minimum absolute atomic E-state index is 0.00864. The van der Waals surface area contributed by atoms with Gasteiger partial charge in [0.1, 0.15) is 0 Å². The van der Waals surface area contributed by atoms with E-state index in [4.69, 9.17) is 0 Å². The molecule has 3 atom stereocenters. The average molecular weight is 321 g/mol. The molecular weight excluding hydrogens is 292 g/mol. The predicted molar refractivity (Wildman–Crippen MR) is 94.9 cm³/mol. The van der Waals surface area contributed by atoms with Gasteiger partial charge < -0.3 is 10.6 Å². The molecule has 2 rings (SSSR count). The van der Waals surface area contributed by atoms with Crippen LogP contribution in [0.25, 0.3) is 0 Å². The van der Waals surface area contributed by atoms with Crippen molar-refractivity contribution >= 4 is 17.7 Å². The highest BCUT2D eigenvalue weighted by molar-refractivity contribution is 7.99. The maximum Gasteiger partial charge on any atom is 0.233 e. The molecule has 0 bridgehead atoms. The Morgan fingerprint density at radius 3 is 2.73 bits per heavy atom. The van der Waals surface area contributed by atoms with E-state index in [1.807, 2.05) is 6.07 Å². The quantitative estimate of drug-likeness (QED) is 0.846. The van der Waals surface area contributed by atoms with E-state index in [0.29, 0.717) is 11.8 Å². The number of piperidine rings is 1. The van der Waals surface area contributed by atoms with Gasteiger partial charge in [0.2, 0.25) is 5.91 Å². The Morgan fingerprint density at radius 1 is 1.36 bits per heavy atom. The minimum Gasteiger partial charge on any atom is -0.351 e. The largest absolute Gasteiger partial charge is 0.351 e. The summed E-state index contributed by atoms with van der Waals surface area (Å²) in [6, 6.07) is 10.6. The number of hydrogen-bond acceptors (Lipinski definition) is 3. The molecule has 0 aromatic heterocycles. The van der Waals surface area contributed by atoms with Gasteiger partial charge in [-0.1, -0.05) is 51.1 Å². The molecule has 2 N–H and O–H groups in total. The van der Waals surface area contributed by atoms with Crippen molar-refractivity contribution in [1.82, 2.24) is 10.6 Å². The van der Waals surface area contributed by atoms with Crippen LogP contribution in [0.3, 0.4) is 0 Å². The Bertz CT molecular complexity index is 463. The van der Waals surface area contributed by atoms with Crippen LogP contribution in [0.5, 0.6) is 0 Å². The fourth-order valence-electron chi connectivity index (χ4n) is 2.78. The van der Waals surface area contributed by atoms with Crippen molar-refractivity contribution in [2.45, 2.75) is 44.2 Å². The second kappa shape index (κ2) is 8.59. The highest BCUT2D eigenvalue weighted by atomic mass is 32.2. The van der Waals surface area contributed by atoms with Crippen molar-refractivity contribution in [3.63, 3.8) is 0 Å². The Hall–Kier alpha value is -1.00. The van der Waals surface area contributed by atoms with Gasteiger partial charge in [0.15, 0.2) is 0 Å². The monoisotopic (exact) mass is 320 g/mol. The average Bonchev–Trinajstić information content (AvgIpc) is 2.50. The van der Waals surface area contributed by atoms with Crippen LogP contribution in [0.4, 0.5) is 0 Å². The zero-order valence-electron chi connectivity index (χ0n) is 13.8. The van der Waals surface area contributed by atoms with E-state index in [1.165, 1.54) is 5.56 Å². The number of benzene rings is 1. The Morgan fingerprint density at radius 2 is 2.09 bits per heavy atom. The molecule has 1 fully saturated rings. The lowest BCUT2D eigenvalue weighted by Gasteiger charge is -2.32. The molecule has 3 nitrogen and oxygen atoms in total. The molecule has 1 heterocycles. The van der Waals surface area contributed by atoms with Crippen LogP contribution in [-0.4, -0.2) is 30.3 Å². The van der Waals surface area contributed by atoms with E-state index in [-0.39, 0.29) is 17.2 Å². The summed E-state index contributed by atoms with van der Waals surface area (Å²) in [5.74, 6) is 1.96. The van der Waals surface area contributed by atoms with Gasteiger partial charge in [-0.2, -0.15) is 0 Å². The first-order valence-corrected chi connectivity index (χ1v) is 9.29. The number of thioether (sulfide) groups is 1. The molecule has 4 heteroatoms. The van der Waals surface area contributed by atoms with Crippen molar-refractivity contribution in [2.24, 2.45) is 11.8 Å². The Kier molecular flexibility index (Phi) is 6.77. The molecule has 1 aromatic carbocycles. The molecule has 1 amide bonds. The molecular formula is C18H28N2OS. The number of carbonyl (C=O) groups is 1.